The number of ketones is 1. The molecule has 0 atom stereocenters. The summed E-state index contributed by atoms with van der Waals surface area (Å²) in [5.74, 6) is 0.785. The first-order valence-electron chi connectivity index (χ1n) is 8.72. The molecular weight excluding hydrogens is 328 g/mol. The van der Waals surface area contributed by atoms with Gasteiger partial charge in [0.1, 0.15) is 5.69 Å². The molecule has 0 spiro atoms. The second-order valence-electron chi connectivity index (χ2n) is 6.78. The topological polar surface area (TPSA) is 79.2 Å². The van der Waals surface area contributed by atoms with Crippen LogP contribution in [-0.2, 0) is 4.79 Å². The number of carbonyl (C=O) groups excluding carboxylic acids is 1. The lowest BCUT2D eigenvalue weighted by molar-refractivity contribution is -0.111. The number of nitrogens with zero attached hydrogens (tertiary/aromatic N) is 5. The summed E-state index contributed by atoms with van der Waals surface area (Å²) in [6, 6.07) is 5.91. The van der Waals surface area contributed by atoms with Crippen LogP contribution in [0.3, 0.4) is 0 Å². The molecular formula is C19H22N6O. The van der Waals surface area contributed by atoms with E-state index < -0.39 is 0 Å². The van der Waals surface area contributed by atoms with Crippen molar-refractivity contribution in [1.29, 1.82) is 0 Å². The van der Waals surface area contributed by atoms with Crippen LogP contribution in [0.2, 0.25) is 0 Å². The third-order valence-corrected chi connectivity index (χ3v) is 4.86. The first kappa shape index (κ1) is 16.5. The molecule has 4 rings (SSSR count). The number of piperazine rings is 1. The molecule has 7 heteroatoms. The van der Waals surface area contributed by atoms with Crippen molar-refractivity contribution in [2.45, 2.75) is 6.92 Å². The second kappa shape index (κ2) is 6.42. The van der Waals surface area contributed by atoms with Crippen molar-refractivity contribution >= 4 is 28.5 Å². The molecule has 3 heterocycles. The van der Waals surface area contributed by atoms with Gasteiger partial charge in [-0.3, -0.25) is 4.79 Å². The van der Waals surface area contributed by atoms with Crippen LogP contribution in [0.15, 0.2) is 52.8 Å². The zero-order valence-corrected chi connectivity index (χ0v) is 15.0. The Labute approximate surface area is 152 Å². The molecule has 1 fully saturated rings. The molecule has 1 aliphatic heterocycles. The minimum atomic E-state index is -0.0689. The molecule has 2 N–H and O–H groups in total. The minimum Gasteiger partial charge on any atom is -0.397 e. The van der Waals surface area contributed by atoms with Gasteiger partial charge in [0.2, 0.25) is 0 Å². The fourth-order valence-electron chi connectivity index (χ4n) is 3.22. The third-order valence-electron chi connectivity index (χ3n) is 4.86. The highest BCUT2D eigenvalue weighted by molar-refractivity contribution is 6.22. The SMILES string of the molecule is CC1=CC(=Nc2c(N3CCN(C)CC3)nn3ccccc23)C(N)=CC1=O. The van der Waals surface area contributed by atoms with Crippen molar-refractivity contribution in [3.63, 3.8) is 0 Å². The number of fused-ring (bicyclic) bond motifs is 1. The molecule has 2 aromatic heterocycles. The van der Waals surface area contributed by atoms with Crippen molar-refractivity contribution in [1.82, 2.24) is 14.5 Å². The van der Waals surface area contributed by atoms with Gasteiger partial charge in [0.05, 0.1) is 16.9 Å². The Morgan fingerprint density at radius 2 is 1.92 bits per heavy atom. The summed E-state index contributed by atoms with van der Waals surface area (Å²) < 4.78 is 1.84. The third kappa shape index (κ3) is 2.90. The Morgan fingerprint density at radius 3 is 2.69 bits per heavy atom. The zero-order chi connectivity index (χ0) is 18.3. The summed E-state index contributed by atoms with van der Waals surface area (Å²) in [6.07, 6.45) is 5.11. The van der Waals surface area contributed by atoms with E-state index in [-0.39, 0.29) is 5.78 Å². The maximum absolute atomic E-state index is 11.8. The van der Waals surface area contributed by atoms with Gasteiger partial charge in [0, 0.05) is 38.5 Å². The van der Waals surface area contributed by atoms with Crippen molar-refractivity contribution in [2.75, 3.05) is 38.1 Å². The molecule has 2 aromatic rings. The second-order valence-corrected chi connectivity index (χ2v) is 6.78. The van der Waals surface area contributed by atoms with Crippen LogP contribution < -0.4 is 10.6 Å². The number of hydrogen-bond donors (Lipinski definition) is 1. The summed E-state index contributed by atoms with van der Waals surface area (Å²) in [4.78, 5) is 21.2. The maximum Gasteiger partial charge on any atom is 0.183 e. The smallest absolute Gasteiger partial charge is 0.183 e. The predicted octanol–water partition coefficient (Wildman–Crippen LogP) is 1.53. The normalized spacial score (nSPS) is 20.6. The summed E-state index contributed by atoms with van der Waals surface area (Å²) in [5, 5.41) is 4.75. The molecule has 1 saturated heterocycles. The van der Waals surface area contributed by atoms with Crippen molar-refractivity contribution < 1.29 is 4.79 Å². The highest BCUT2D eigenvalue weighted by Crippen LogP contribution is 2.34. The molecule has 0 aromatic carbocycles. The van der Waals surface area contributed by atoms with Crippen LogP contribution in [-0.4, -0.2) is 59.2 Å². The van der Waals surface area contributed by atoms with E-state index in [2.05, 4.69) is 16.8 Å². The van der Waals surface area contributed by atoms with Gasteiger partial charge in [-0.1, -0.05) is 6.07 Å². The summed E-state index contributed by atoms with van der Waals surface area (Å²) in [7, 11) is 2.13. The maximum atomic E-state index is 11.8. The largest absolute Gasteiger partial charge is 0.397 e. The van der Waals surface area contributed by atoms with E-state index >= 15 is 0 Å². The molecule has 134 valence electrons. The number of nitrogens with two attached hydrogens (primary N) is 1. The molecule has 0 unspecified atom stereocenters. The Bertz CT molecular complexity index is 960. The van der Waals surface area contributed by atoms with Gasteiger partial charge in [0.25, 0.3) is 0 Å². The Morgan fingerprint density at radius 1 is 1.15 bits per heavy atom. The number of aliphatic imine (C=N–C) groups is 1. The fourth-order valence-corrected chi connectivity index (χ4v) is 3.22. The molecule has 0 saturated carbocycles. The Hall–Kier alpha value is -2.93. The van der Waals surface area contributed by atoms with E-state index in [0.717, 1.165) is 43.2 Å². The number of pyridine rings is 1. The van der Waals surface area contributed by atoms with Crippen LogP contribution >= 0.6 is 0 Å². The number of rotatable bonds is 2. The molecule has 26 heavy (non-hydrogen) atoms. The average Bonchev–Trinajstić information content (AvgIpc) is 2.99. The van der Waals surface area contributed by atoms with Crippen LogP contribution in [0, 0.1) is 0 Å². The lowest BCUT2D eigenvalue weighted by Gasteiger charge is -2.32. The average molecular weight is 350 g/mol. The summed E-state index contributed by atoms with van der Waals surface area (Å²) in [5.41, 5.74) is 9.40. The highest BCUT2D eigenvalue weighted by atomic mass is 16.1. The number of likely N-dealkylation sites (N-methyl/N-ethyl adjacent to an activating group) is 1. The van der Waals surface area contributed by atoms with Crippen LogP contribution in [0.5, 0.6) is 0 Å². The number of carbonyl (C=O) groups is 1. The van der Waals surface area contributed by atoms with E-state index in [9.17, 15) is 4.79 Å². The number of allylic oxidation sites excluding steroid dienone is 3. The molecule has 2 aliphatic rings. The van der Waals surface area contributed by atoms with Crippen LogP contribution in [0.4, 0.5) is 11.5 Å². The minimum absolute atomic E-state index is 0.0689. The molecule has 0 bridgehead atoms. The van der Waals surface area contributed by atoms with Crippen molar-refractivity contribution in [3.05, 3.63) is 47.8 Å². The van der Waals surface area contributed by atoms with E-state index in [1.807, 2.05) is 28.9 Å². The first-order valence-corrected chi connectivity index (χ1v) is 8.72. The van der Waals surface area contributed by atoms with Crippen LogP contribution in [0.1, 0.15) is 6.92 Å². The van der Waals surface area contributed by atoms with Crippen molar-refractivity contribution in [2.24, 2.45) is 10.7 Å². The summed E-state index contributed by atoms with van der Waals surface area (Å²) in [6.45, 7) is 5.55. The monoisotopic (exact) mass is 350 g/mol. The van der Waals surface area contributed by atoms with E-state index in [4.69, 9.17) is 15.8 Å². The van der Waals surface area contributed by atoms with Gasteiger partial charge >= 0.3 is 0 Å². The Balaban J connectivity index is 1.83. The predicted molar refractivity (Wildman–Crippen MR) is 103 cm³/mol. The first-order chi connectivity index (χ1) is 12.5. The van der Waals surface area contributed by atoms with Gasteiger partial charge in [-0.15, -0.1) is 5.10 Å². The molecule has 7 nitrogen and oxygen atoms in total. The van der Waals surface area contributed by atoms with Gasteiger partial charge in [-0.2, -0.15) is 0 Å². The summed E-state index contributed by atoms with van der Waals surface area (Å²) >= 11 is 0. The molecule has 0 radical (unpaired) electrons. The van der Waals surface area contributed by atoms with E-state index in [1.54, 1.807) is 13.0 Å². The Kier molecular flexibility index (Phi) is 4.08. The number of aromatic nitrogens is 2. The fraction of sp³-hybridized carbons (Fsp3) is 0.316. The number of hydrogen-bond acceptors (Lipinski definition) is 6. The number of anilines is 1. The lowest BCUT2D eigenvalue weighted by atomic mass is 10.0. The van der Waals surface area contributed by atoms with Gasteiger partial charge < -0.3 is 15.5 Å². The van der Waals surface area contributed by atoms with Gasteiger partial charge in [-0.25, -0.2) is 9.51 Å². The molecule has 1 aliphatic carbocycles. The molecule has 0 amide bonds. The van der Waals surface area contributed by atoms with Gasteiger partial charge in [-0.05, 0) is 37.8 Å². The van der Waals surface area contributed by atoms with Crippen LogP contribution in [0.25, 0.3) is 5.52 Å². The highest BCUT2D eigenvalue weighted by Gasteiger charge is 2.23. The van der Waals surface area contributed by atoms with E-state index in [1.165, 1.54) is 6.08 Å². The lowest BCUT2D eigenvalue weighted by Crippen LogP contribution is -2.44. The zero-order valence-electron chi connectivity index (χ0n) is 15.0. The van der Waals surface area contributed by atoms with Gasteiger partial charge in [0.15, 0.2) is 11.6 Å². The van der Waals surface area contributed by atoms with E-state index in [0.29, 0.717) is 17.0 Å². The standard InChI is InChI=1S/C19H22N6O/c1-13-11-15(14(20)12-17(13)26)21-18-16-5-3-4-6-25(16)22-19(18)24-9-7-23(2)8-10-24/h3-6,11-12H,7-10,20H2,1-2H3. The van der Waals surface area contributed by atoms with Crippen molar-refractivity contribution in [3.8, 4) is 0 Å². The quantitative estimate of drug-likeness (QED) is 0.831.